The number of benzene rings is 1. The minimum absolute atomic E-state index is 0.379. The molecule has 5 heteroatoms. The number of carbonyl (C=O) groups is 2. The van der Waals surface area contributed by atoms with Crippen molar-refractivity contribution in [3.05, 3.63) is 27.7 Å². The highest BCUT2D eigenvalue weighted by Gasteiger charge is 2.36. The maximum absolute atomic E-state index is 12.2. The second-order valence-electron chi connectivity index (χ2n) is 5.81. The normalized spacial score (nSPS) is 18.7. The molecule has 0 unspecified atom stereocenters. The van der Waals surface area contributed by atoms with E-state index in [1.807, 2.05) is 13.0 Å². The lowest BCUT2D eigenvalue weighted by Crippen LogP contribution is -2.33. The quantitative estimate of drug-likeness (QED) is 0.784. The van der Waals surface area contributed by atoms with Crippen molar-refractivity contribution in [2.24, 2.45) is 0 Å². The van der Waals surface area contributed by atoms with Gasteiger partial charge in [-0.05, 0) is 63.5 Å². The highest BCUT2D eigenvalue weighted by Crippen LogP contribution is 2.35. The van der Waals surface area contributed by atoms with Crippen LogP contribution in [0.2, 0.25) is 0 Å². The lowest BCUT2D eigenvalue weighted by molar-refractivity contribution is -0.114. The average Bonchev–Trinajstić information content (AvgIpc) is 3.02. The van der Waals surface area contributed by atoms with Gasteiger partial charge in [0.1, 0.15) is 0 Å². The number of hydrogen-bond donors (Lipinski definition) is 0. The third-order valence-electron chi connectivity index (χ3n) is 4.27. The Morgan fingerprint density at radius 1 is 1.14 bits per heavy atom. The number of carbonyl (C=O) groups excluding carboxylic acids is 2. The number of hydrogen-bond acceptors (Lipinski definition) is 3. The summed E-state index contributed by atoms with van der Waals surface area (Å²) in [6.45, 7) is 5.90. The second-order valence-corrected chi connectivity index (χ2v) is 6.72. The fourth-order valence-electron chi connectivity index (χ4n) is 3.28. The van der Waals surface area contributed by atoms with Gasteiger partial charge in [-0.3, -0.25) is 9.59 Å². The highest BCUT2D eigenvalue weighted by atomic mass is 79.9. The fraction of sp³-hybridized carbons (Fsp3) is 0.500. The largest absolute Gasteiger partial charge is 0.304 e. The molecule has 0 N–H and O–H groups in total. The zero-order valence-electron chi connectivity index (χ0n) is 12.2. The molecule has 1 fully saturated rings. The molecule has 0 aromatic heterocycles. The molecule has 21 heavy (non-hydrogen) atoms. The van der Waals surface area contributed by atoms with Crippen LogP contribution < -0.4 is 4.90 Å². The summed E-state index contributed by atoms with van der Waals surface area (Å²) in [6, 6.07) is 3.71. The molecular formula is C16H19BrN2O2. The van der Waals surface area contributed by atoms with Gasteiger partial charge in [-0.2, -0.15) is 0 Å². The van der Waals surface area contributed by atoms with Gasteiger partial charge in [0, 0.05) is 11.0 Å². The summed E-state index contributed by atoms with van der Waals surface area (Å²) in [5.74, 6) is -0.761. The number of rotatable bonds is 4. The number of fused-ring (bicyclic) bond motifs is 1. The SMILES string of the molecule is Cc1cc(Br)cc2c1N(CCCN1CCCC1)C(=O)C2=O. The Kier molecular flexibility index (Phi) is 4.13. The average molecular weight is 351 g/mol. The summed E-state index contributed by atoms with van der Waals surface area (Å²) in [5.41, 5.74) is 2.31. The molecule has 2 aliphatic heterocycles. The van der Waals surface area contributed by atoms with Crippen molar-refractivity contribution in [3.8, 4) is 0 Å². The number of anilines is 1. The third-order valence-corrected chi connectivity index (χ3v) is 4.73. The van der Waals surface area contributed by atoms with E-state index >= 15 is 0 Å². The fourth-order valence-corrected chi connectivity index (χ4v) is 3.85. The first-order valence-electron chi connectivity index (χ1n) is 7.46. The lowest BCUT2D eigenvalue weighted by Gasteiger charge is -2.21. The predicted octanol–water partition coefficient (Wildman–Crippen LogP) is 2.77. The number of likely N-dealkylation sites (tertiary alicyclic amines) is 1. The predicted molar refractivity (Wildman–Crippen MR) is 85.9 cm³/mol. The molecule has 4 nitrogen and oxygen atoms in total. The molecule has 0 aliphatic carbocycles. The van der Waals surface area contributed by atoms with Crippen LogP contribution in [0.5, 0.6) is 0 Å². The van der Waals surface area contributed by atoms with Crippen molar-refractivity contribution in [2.75, 3.05) is 31.1 Å². The summed E-state index contributed by atoms with van der Waals surface area (Å²) >= 11 is 3.39. The molecule has 1 saturated heterocycles. The Hall–Kier alpha value is -1.20. The van der Waals surface area contributed by atoms with E-state index in [2.05, 4.69) is 20.8 Å². The van der Waals surface area contributed by atoms with Crippen molar-refractivity contribution < 1.29 is 9.59 Å². The second kappa shape index (κ2) is 5.89. The molecular weight excluding hydrogens is 332 g/mol. The minimum Gasteiger partial charge on any atom is -0.304 e. The number of Topliss-reactive ketones (excluding diaryl/α,β-unsaturated/α-hetero) is 1. The van der Waals surface area contributed by atoms with E-state index in [1.54, 1.807) is 11.0 Å². The summed E-state index contributed by atoms with van der Waals surface area (Å²) in [5, 5.41) is 0. The van der Waals surface area contributed by atoms with Gasteiger partial charge in [0.05, 0.1) is 11.3 Å². The summed E-state index contributed by atoms with van der Waals surface area (Å²) in [6.07, 6.45) is 3.46. The monoisotopic (exact) mass is 350 g/mol. The van der Waals surface area contributed by atoms with E-state index in [1.165, 1.54) is 12.8 Å². The summed E-state index contributed by atoms with van der Waals surface area (Å²) < 4.78 is 0.846. The maximum Gasteiger partial charge on any atom is 0.299 e. The van der Waals surface area contributed by atoms with E-state index in [0.29, 0.717) is 12.1 Å². The number of amides is 1. The molecule has 0 saturated carbocycles. The molecule has 0 bridgehead atoms. The van der Waals surface area contributed by atoms with Crippen LogP contribution >= 0.6 is 15.9 Å². The van der Waals surface area contributed by atoms with Crippen molar-refractivity contribution in [1.82, 2.24) is 4.90 Å². The molecule has 0 radical (unpaired) electrons. The number of ketones is 1. The van der Waals surface area contributed by atoms with Crippen LogP contribution in [0, 0.1) is 6.92 Å². The van der Waals surface area contributed by atoms with Crippen LogP contribution in [0.15, 0.2) is 16.6 Å². The van der Waals surface area contributed by atoms with Gasteiger partial charge in [-0.25, -0.2) is 0 Å². The van der Waals surface area contributed by atoms with Gasteiger partial charge in [0.15, 0.2) is 0 Å². The topological polar surface area (TPSA) is 40.6 Å². The Bertz CT molecular complexity index is 594. The molecule has 0 atom stereocenters. The van der Waals surface area contributed by atoms with Crippen molar-refractivity contribution in [3.63, 3.8) is 0 Å². The van der Waals surface area contributed by atoms with Crippen molar-refractivity contribution in [2.45, 2.75) is 26.2 Å². The van der Waals surface area contributed by atoms with Gasteiger partial charge < -0.3 is 9.80 Å². The van der Waals surface area contributed by atoms with Gasteiger partial charge in [0.25, 0.3) is 11.7 Å². The Balaban J connectivity index is 1.74. The van der Waals surface area contributed by atoms with Crippen LogP contribution in [0.1, 0.15) is 35.2 Å². The third kappa shape index (κ3) is 2.77. The van der Waals surface area contributed by atoms with E-state index in [-0.39, 0.29) is 11.7 Å². The van der Waals surface area contributed by atoms with Gasteiger partial charge in [0.2, 0.25) is 0 Å². The van der Waals surface area contributed by atoms with Crippen LogP contribution in [0.3, 0.4) is 0 Å². The summed E-state index contributed by atoms with van der Waals surface area (Å²) in [7, 11) is 0. The van der Waals surface area contributed by atoms with Gasteiger partial charge in [-0.1, -0.05) is 15.9 Å². The smallest absolute Gasteiger partial charge is 0.299 e. The number of nitrogens with zero attached hydrogens (tertiary/aromatic N) is 2. The number of halogens is 1. The van der Waals surface area contributed by atoms with E-state index in [9.17, 15) is 9.59 Å². The zero-order chi connectivity index (χ0) is 15.0. The first-order chi connectivity index (χ1) is 10.1. The van der Waals surface area contributed by atoms with E-state index in [4.69, 9.17) is 0 Å². The molecule has 3 rings (SSSR count). The molecule has 1 aromatic rings. The zero-order valence-corrected chi connectivity index (χ0v) is 13.8. The molecule has 2 heterocycles. The van der Waals surface area contributed by atoms with Crippen molar-refractivity contribution in [1.29, 1.82) is 0 Å². The minimum atomic E-state index is -0.382. The first-order valence-corrected chi connectivity index (χ1v) is 8.26. The molecule has 1 amide bonds. The van der Waals surface area contributed by atoms with Gasteiger partial charge >= 0.3 is 0 Å². The highest BCUT2D eigenvalue weighted by molar-refractivity contribution is 9.10. The van der Waals surface area contributed by atoms with Gasteiger partial charge in [-0.15, -0.1) is 0 Å². The van der Waals surface area contributed by atoms with Crippen LogP contribution in [-0.2, 0) is 4.79 Å². The molecule has 112 valence electrons. The maximum atomic E-state index is 12.2. The number of aryl methyl sites for hydroxylation is 1. The van der Waals surface area contributed by atoms with Crippen LogP contribution in [0.4, 0.5) is 5.69 Å². The Morgan fingerprint density at radius 3 is 2.57 bits per heavy atom. The van der Waals surface area contributed by atoms with Crippen LogP contribution in [0.25, 0.3) is 0 Å². The van der Waals surface area contributed by atoms with Crippen molar-refractivity contribution >= 4 is 33.3 Å². The first kappa shape index (κ1) is 14.7. The Morgan fingerprint density at radius 2 is 1.86 bits per heavy atom. The standard InChI is InChI=1S/C16H19BrN2O2/c1-11-9-12(17)10-13-14(11)19(16(21)15(13)20)8-4-7-18-5-2-3-6-18/h9-10H,2-8H2,1H3. The molecule has 0 spiro atoms. The van der Waals surface area contributed by atoms with E-state index in [0.717, 1.165) is 41.8 Å². The lowest BCUT2D eigenvalue weighted by atomic mass is 10.1. The molecule has 1 aromatic carbocycles. The Labute approximate surface area is 133 Å². The summed E-state index contributed by atoms with van der Waals surface area (Å²) in [4.78, 5) is 28.4. The van der Waals surface area contributed by atoms with E-state index < -0.39 is 0 Å². The van der Waals surface area contributed by atoms with Crippen LogP contribution in [-0.4, -0.2) is 42.8 Å². The molecule has 2 aliphatic rings.